The zero-order valence-corrected chi connectivity index (χ0v) is 19.8. The first kappa shape index (κ1) is 23.9. The SMILES string of the molecule is COc1cc(-c2cc(C(=O)NC3CCC(Oc4ccc(C#N)cn4)CC3)[nH]n2)cc(OC)c1OC. The van der Waals surface area contributed by atoms with E-state index >= 15 is 0 Å². The number of benzene rings is 1. The third-order valence-corrected chi connectivity index (χ3v) is 5.95. The molecule has 1 aromatic carbocycles. The van der Waals surface area contributed by atoms with Gasteiger partial charge in [0.25, 0.3) is 5.91 Å². The Hall–Kier alpha value is -4.26. The van der Waals surface area contributed by atoms with Crippen LogP contribution in [0, 0.1) is 11.3 Å². The molecule has 0 radical (unpaired) electrons. The van der Waals surface area contributed by atoms with Crippen molar-refractivity contribution in [2.24, 2.45) is 0 Å². The van der Waals surface area contributed by atoms with Gasteiger partial charge in [0.1, 0.15) is 17.9 Å². The fourth-order valence-corrected chi connectivity index (χ4v) is 4.09. The normalized spacial score (nSPS) is 17.2. The van der Waals surface area contributed by atoms with Crippen molar-refractivity contribution in [2.75, 3.05) is 21.3 Å². The minimum Gasteiger partial charge on any atom is -0.493 e. The van der Waals surface area contributed by atoms with Crippen molar-refractivity contribution in [1.29, 1.82) is 5.26 Å². The van der Waals surface area contributed by atoms with Gasteiger partial charge in [-0.3, -0.25) is 9.89 Å². The second-order valence-electron chi connectivity index (χ2n) is 8.14. The van der Waals surface area contributed by atoms with Crippen LogP contribution >= 0.6 is 0 Å². The summed E-state index contributed by atoms with van der Waals surface area (Å²) in [5.41, 5.74) is 2.18. The van der Waals surface area contributed by atoms with E-state index in [1.54, 1.807) is 51.7 Å². The van der Waals surface area contributed by atoms with E-state index in [9.17, 15) is 4.79 Å². The highest BCUT2D eigenvalue weighted by Crippen LogP contribution is 2.40. The summed E-state index contributed by atoms with van der Waals surface area (Å²) in [4.78, 5) is 17.0. The number of nitriles is 1. The van der Waals surface area contributed by atoms with E-state index in [1.807, 2.05) is 6.07 Å². The Morgan fingerprint density at radius 3 is 2.34 bits per heavy atom. The second-order valence-corrected chi connectivity index (χ2v) is 8.14. The predicted octanol–water partition coefficient (Wildman–Crippen LogP) is 3.49. The van der Waals surface area contributed by atoms with Crippen molar-refractivity contribution in [3.63, 3.8) is 0 Å². The van der Waals surface area contributed by atoms with Crippen molar-refractivity contribution in [3.05, 3.63) is 47.8 Å². The van der Waals surface area contributed by atoms with Gasteiger partial charge in [-0.15, -0.1) is 0 Å². The van der Waals surface area contributed by atoms with Crippen LogP contribution in [0.3, 0.4) is 0 Å². The Labute approximate surface area is 203 Å². The molecular weight excluding hydrogens is 450 g/mol. The number of methoxy groups -OCH3 is 3. The summed E-state index contributed by atoms with van der Waals surface area (Å²) < 4.78 is 22.1. The molecule has 2 aromatic heterocycles. The molecule has 0 atom stereocenters. The Kier molecular flexibility index (Phi) is 7.35. The molecule has 10 heteroatoms. The smallest absolute Gasteiger partial charge is 0.269 e. The van der Waals surface area contributed by atoms with E-state index in [1.165, 1.54) is 6.20 Å². The number of carbonyl (C=O) groups is 1. The van der Waals surface area contributed by atoms with Crippen LogP contribution in [0.4, 0.5) is 0 Å². The number of nitrogens with zero attached hydrogens (tertiary/aromatic N) is 3. The number of amides is 1. The number of carbonyl (C=O) groups excluding carboxylic acids is 1. The monoisotopic (exact) mass is 477 g/mol. The number of pyridine rings is 1. The van der Waals surface area contributed by atoms with Crippen molar-refractivity contribution < 1.29 is 23.7 Å². The number of aromatic amines is 1. The van der Waals surface area contributed by atoms with E-state index in [0.717, 1.165) is 31.2 Å². The molecule has 35 heavy (non-hydrogen) atoms. The number of rotatable bonds is 8. The summed E-state index contributed by atoms with van der Waals surface area (Å²) in [7, 11) is 4.64. The summed E-state index contributed by atoms with van der Waals surface area (Å²) in [6.07, 6.45) is 4.71. The van der Waals surface area contributed by atoms with Gasteiger partial charge >= 0.3 is 0 Å². The summed E-state index contributed by atoms with van der Waals surface area (Å²) in [5.74, 6) is 1.79. The van der Waals surface area contributed by atoms with Crippen LogP contribution in [-0.2, 0) is 0 Å². The van der Waals surface area contributed by atoms with Gasteiger partial charge in [-0.05, 0) is 49.9 Å². The van der Waals surface area contributed by atoms with Gasteiger partial charge in [0.15, 0.2) is 11.5 Å². The molecule has 0 aliphatic heterocycles. The van der Waals surface area contributed by atoms with Crippen LogP contribution in [0.15, 0.2) is 36.5 Å². The van der Waals surface area contributed by atoms with Crippen LogP contribution < -0.4 is 24.3 Å². The van der Waals surface area contributed by atoms with Crippen molar-refractivity contribution in [2.45, 2.75) is 37.8 Å². The maximum Gasteiger partial charge on any atom is 0.269 e. The molecule has 1 fully saturated rings. The number of hydrogen-bond acceptors (Lipinski definition) is 8. The first-order chi connectivity index (χ1) is 17.0. The predicted molar refractivity (Wildman–Crippen MR) is 127 cm³/mol. The summed E-state index contributed by atoms with van der Waals surface area (Å²) in [5, 5.41) is 19.1. The van der Waals surface area contributed by atoms with E-state index in [4.69, 9.17) is 24.2 Å². The Balaban J connectivity index is 1.35. The molecule has 3 aromatic rings. The zero-order chi connectivity index (χ0) is 24.8. The quantitative estimate of drug-likeness (QED) is 0.504. The molecule has 1 aliphatic carbocycles. The number of nitrogens with one attached hydrogen (secondary N) is 2. The fraction of sp³-hybridized carbons (Fsp3) is 0.360. The van der Waals surface area contributed by atoms with Crippen LogP contribution in [0.5, 0.6) is 23.1 Å². The van der Waals surface area contributed by atoms with E-state index in [-0.39, 0.29) is 18.1 Å². The second kappa shape index (κ2) is 10.8. The summed E-state index contributed by atoms with van der Waals surface area (Å²) >= 11 is 0. The van der Waals surface area contributed by atoms with Gasteiger partial charge in [0.2, 0.25) is 11.6 Å². The van der Waals surface area contributed by atoms with Gasteiger partial charge in [0.05, 0.1) is 32.6 Å². The Bertz CT molecular complexity index is 1180. The molecule has 1 aliphatic rings. The first-order valence-electron chi connectivity index (χ1n) is 11.2. The molecule has 0 unspecified atom stereocenters. The number of ether oxygens (including phenoxy) is 4. The molecule has 1 saturated carbocycles. The highest BCUT2D eigenvalue weighted by molar-refractivity contribution is 5.93. The van der Waals surface area contributed by atoms with Crippen molar-refractivity contribution in [3.8, 4) is 40.5 Å². The highest BCUT2D eigenvalue weighted by Gasteiger charge is 2.25. The lowest BCUT2D eigenvalue weighted by atomic mass is 9.93. The largest absolute Gasteiger partial charge is 0.493 e. The molecule has 182 valence electrons. The van der Waals surface area contributed by atoms with Gasteiger partial charge in [-0.25, -0.2) is 4.98 Å². The molecule has 0 spiro atoms. The lowest BCUT2D eigenvalue weighted by Gasteiger charge is -2.29. The third kappa shape index (κ3) is 5.46. The average molecular weight is 478 g/mol. The van der Waals surface area contributed by atoms with Crippen molar-refractivity contribution >= 4 is 5.91 Å². The minimum atomic E-state index is -0.214. The lowest BCUT2D eigenvalue weighted by Crippen LogP contribution is -2.39. The molecular formula is C25H27N5O5. The van der Waals surface area contributed by atoms with Gasteiger partial charge in [-0.2, -0.15) is 10.4 Å². The standard InChI is InChI=1S/C25H27N5O5/c1-32-21-10-16(11-22(33-2)24(21)34-3)19-12-20(30-29-19)25(31)28-17-5-7-18(8-6-17)35-23-9-4-15(13-26)14-27-23/h4,9-12,14,17-18H,5-8H2,1-3H3,(H,28,31)(H,29,30). The maximum atomic E-state index is 12.8. The van der Waals surface area contributed by atoms with Gasteiger partial charge in [-0.1, -0.05) is 0 Å². The molecule has 0 bridgehead atoms. The van der Waals surface area contributed by atoms with Crippen LogP contribution in [-0.4, -0.2) is 54.6 Å². The van der Waals surface area contributed by atoms with Crippen LogP contribution in [0.25, 0.3) is 11.3 Å². The van der Waals surface area contributed by atoms with Gasteiger partial charge < -0.3 is 24.3 Å². The molecule has 4 rings (SSSR count). The number of hydrogen-bond donors (Lipinski definition) is 2. The third-order valence-electron chi connectivity index (χ3n) is 5.95. The molecule has 10 nitrogen and oxygen atoms in total. The molecule has 2 heterocycles. The fourth-order valence-electron chi connectivity index (χ4n) is 4.09. The molecule has 2 N–H and O–H groups in total. The Morgan fingerprint density at radius 1 is 1.06 bits per heavy atom. The summed E-state index contributed by atoms with van der Waals surface area (Å²) in [6.45, 7) is 0. The lowest BCUT2D eigenvalue weighted by molar-refractivity contribution is 0.0885. The van der Waals surface area contributed by atoms with E-state index < -0.39 is 0 Å². The molecule has 0 saturated heterocycles. The number of H-pyrrole nitrogens is 1. The highest BCUT2D eigenvalue weighted by atomic mass is 16.5. The van der Waals surface area contributed by atoms with Crippen LogP contribution in [0.1, 0.15) is 41.7 Å². The maximum absolute atomic E-state index is 12.8. The first-order valence-corrected chi connectivity index (χ1v) is 11.2. The van der Waals surface area contributed by atoms with E-state index in [2.05, 4.69) is 20.5 Å². The minimum absolute atomic E-state index is 0.0300. The Morgan fingerprint density at radius 2 is 1.77 bits per heavy atom. The van der Waals surface area contributed by atoms with E-state index in [0.29, 0.717) is 40.1 Å². The average Bonchev–Trinajstić information content (AvgIpc) is 3.40. The molecule has 1 amide bonds. The summed E-state index contributed by atoms with van der Waals surface area (Å²) in [6, 6.07) is 10.7. The van der Waals surface area contributed by atoms with Crippen LogP contribution in [0.2, 0.25) is 0 Å². The number of aromatic nitrogens is 3. The van der Waals surface area contributed by atoms with Gasteiger partial charge in [0, 0.05) is 23.9 Å². The van der Waals surface area contributed by atoms with Crippen molar-refractivity contribution in [1.82, 2.24) is 20.5 Å². The zero-order valence-electron chi connectivity index (χ0n) is 19.8. The topological polar surface area (TPSA) is 131 Å².